The minimum absolute atomic E-state index is 0.371. The molecular weight excluding hydrogens is 212 g/mol. The van der Waals surface area contributed by atoms with Gasteiger partial charge in [-0.25, -0.2) is 15.0 Å². The van der Waals surface area contributed by atoms with Crippen LogP contribution in [-0.4, -0.2) is 21.0 Å². The molecule has 0 atom stereocenters. The summed E-state index contributed by atoms with van der Waals surface area (Å²) in [6.45, 7) is 8.50. The van der Waals surface area contributed by atoms with E-state index >= 15 is 0 Å². The molecule has 2 rings (SSSR count). The normalized spacial score (nSPS) is 11.4. The number of nitrogens with one attached hydrogen (secondary N) is 1. The van der Waals surface area contributed by atoms with E-state index in [0.29, 0.717) is 12.0 Å². The third-order valence-electron chi connectivity index (χ3n) is 2.53. The Balaban J connectivity index is 2.60. The average molecular weight is 230 g/mol. The fourth-order valence-corrected chi connectivity index (χ4v) is 1.72. The number of fused-ring (bicyclic) bond motifs is 1. The fourth-order valence-electron chi connectivity index (χ4n) is 1.72. The predicted octanol–water partition coefficient (Wildman–Crippen LogP) is 2.97. The van der Waals surface area contributed by atoms with Crippen LogP contribution in [0.3, 0.4) is 0 Å². The number of nitrogens with zero attached hydrogens (tertiary/aromatic N) is 3. The molecule has 2 heterocycles. The summed E-state index contributed by atoms with van der Waals surface area (Å²) in [6, 6.07) is 2.45. The number of anilines is 1. The molecule has 0 aliphatic carbocycles. The van der Waals surface area contributed by atoms with Crippen molar-refractivity contribution < 1.29 is 0 Å². The number of hydrogen-bond donors (Lipinski definition) is 1. The van der Waals surface area contributed by atoms with E-state index in [4.69, 9.17) is 0 Å². The lowest BCUT2D eigenvalue weighted by Crippen LogP contribution is -2.11. The monoisotopic (exact) mass is 230 g/mol. The molecule has 0 aliphatic heterocycles. The van der Waals surface area contributed by atoms with Gasteiger partial charge in [0.25, 0.3) is 0 Å². The van der Waals surface area contributed by atoms with Crippen LogP contribution in [0.2, 0.25) is 0 Å². The maximum Gasteiger partial charge on any atom is 0.116 e. The first-order valence-corrected chi connectivity index (χ1v) is 5.95. The van der Waals surface area contributed by atoms with Crippen molar-refractivity contribution in [1.29, 1.82) is 0 Å². The van der Waals surface area contributed by atoms with E-state index in [1.807, 2.05) is 0 Å². The van der Waals surface area contributed by atoms with Crippen molar-refractivity contribution in [2.75, 3.05) is 5.32 Å². The van der Waals surface area contributed by atoms with Crippen molar-refractivity contribution in [2.45, 2.75) is 39.7 Å². The van der Waals surface area contributed by atoms with Gasteiger partial charge in [0.1, 0.15) is 17.4 Å². The minimum Gasteiger partial charge on any atom is -0.381 e. The molecule has 0 radical (unpaired) electrons. The molecule has 0 fully saturated rings. The molecule has 0 bridgehead atoms. The molecule has 0 saturated carbocycles. The standard InChI is InChI=1S/C13H18N4/c1-8(2)10-5-11(16-9(3)4)13-12(17-10)6-14-7-15-13/h5-9H,1-4H3,(H,16,17). The molecular formula is C13H18N4. The predicted molar refractivity (Wildman–Crippen MR) is 70.2 cm³/mol. The van der Waals surface area contributed by atoms with E-state index in [1.165, 1.54) is 0 Å². The maximum absolute atomic E-state index is 4.58. The van der Waals surface area contributed by atoms with Crippen molar-refractivity contribution in [2.24, 2.45) is 0 Å². The molecule has 0 spiro atoms. The van der Waals surface area contributed by atoms with Gasteiger partial charge in [0.15, 0.2) is 0 Å². The Kier molecular flexibility index (Phi) is 3.22. The Bertz CT molecular complexity index is 520. The quantitative estimate of drug-likeness (QED) is 0.880. The summed E-state index contributed by atoms with van der Waals surface area (Å²) in [5.74, 6) is 0.396. The van der Waals surface area contributed by atoms with E-state index in [9.17, 15) is 0 Å². The van der Waals surface area contributed by atoms with Crippen LogP contribution < -0.4 is 5.32 Å². The highest BCUT2D eigenvalue weighted by Gasteiger charge is 2.10. The van der Waals surface area contributed by atoms with Crippen molar-refractivity contribution in [3.8, 4) is 0 Å². The second-order valence-corrected chi connectivity index (χ2v) is 4.81. The number of rotatable bonds is 3. The lowest BCUT2D eigenvalue weighted by molar-refractivity contribution is 0.826. The zero-order valence-corrected chi connectivity index (χ0v) is 10.7. The Hall–Kier alpha value is -1.71. The molecule has 0 unspecified atom stereocenters. The van der Waals surface area contributed by atoms with E-state index in [0.717, 1.165) is 22.4 Å². The molecule has 0 aliphatic rings. The minimum atomic E-state index is 0.371. The highest BCUT2D eigenvalue weighted by molar-refractivity contribution is 5.87. The summed E-state index contributed by atoms with van der Waals surface area (Å²) in [5.41, 5.74) is 3.84. The third kappa shape index (κ3) is 2.52. The Morgan fingerprint density at radius 3 is 2.59 bits per heavy atom. The van der Waals surface area contributed by atoms with E-state index in [-0.39, 0.29) is 0 Å². The van der Waals surface area contributed by atoms with Gasteiger partial charge in [-0.3, -0.25) is 0 Å². The fraction of sp³-hybridized carbons (Fsp3) is 0.462. The zero-order valence-electron chi connectivity index (χ0n) is 10.7. The second kappa shape index (κ2) is 4.65. The molecule has 4 heteroatoms. The average Bonchev–Trinajstić information content (AvgIpc) is 2.28. The highest BCUT2D eigenvalue weighted by Crippen LogP contribution is 2.24. The van der Waals surface area contributed by atoms with Gasteiger partial charge in [0, 0.05) is 11.7 Å². The smallest absolute Gasteiger partial charge is 0.116 e. The topological polar surface area (TPSA) is 50.7 Å². The van der Waals surface area contributed by atoms with E-state index in [2.05, 4.69) is 54.0 Å². The number of pyridine rings is 1. The summed E-state index contributed by atoms with van der Waals surface area (Å²) in [4.78, 5) is 12.9. The summed E-state index contributed by atoms with van der Waals surface area (Å²) in [6.07, 6.45) is 3.32. The van der Waals surface area contributed by atoms with Gasteiger partial charge in [-0.1, -0.05) is 13.8 Å². The summed E-state index contributed by atoms with van der Waals surface area (Å²) < 4.78 is 0. The lowest BCUT2D eigenvalue weighted by Gasteiger charge is -2.14. The number of hydrogen-bond acceptors (Lipinski definition) is 4. The Morgan fingerprint density at radius 2 is 1.94 bits per heavy atom. The Labute approximate surface area is 102 Å². The molecule has 90 valence electrons. The molecule has 0 amide bonds. The van der Waals surface area contributed by atoms with Crippen LogP contribution in [-0.2, 0) is 0 Å². The Morgan fingerprint density at radius 1 is 1.18 bits per heavy atom. The van der Waals surface area contributed by atoms with Gasteiger partial charge in [-0.05, 0) is 25.8 Å². The lowest BCUT2D eigenvalue weighted by atomic mass is 10.1. The molecule has 1 N–H and O–H groups in total. The molecule has 2 aromatic rings. The van der Waals surface area contributed by atoms with Gasteiger partial charge >= 0.3 is 0 Å². The largest absolute Gasteiger partial charge is 0.381 e. The summed E-state index contributed by atoms with van der Waals surface area (Å²) in [5, 5.41) is 3.41. The first-order chi connectivity index (χ1) is 8.08. The van der Waals surface area contributed by atoms with Crippen LogP contribution in [0, 0.1) is 0 Å². The molecule has 0 saturated heterocycles. The molecule has 4 nitrogen and oxygen atoms in total. The van der Waals surface area contributed by atoms with Crippen LogP contribution in [0.1, 0.15) is 39.3 Å². The van der Waals surface area contributed by atoms with E-state index < -0.39 is 0 Å². The maximum atomic E-state index is 4.58. The van der Waals surface area contributed by atoms with Crippen molar-refractivity contribution in [3.63, 3.8) is 0 Å². The molecule has 17 heavy (non-hydrogen) atoms. The van der Waals surface area contributed by atoms with E-state index in [1.54, 1.807) is 12.5 Å². The van der Waals surface area contributed by atoms with Crippen LogP contribution in [0.15, 0.2) is 18.6 Å². The van der Waals surface area contributed by atoms with Crippen LogP contribution in [0.5, 0.6) is 0 Å². The zero-order chi connectivity index (χ0) is 12.4. The van der Waals surface area contributed by atoms with Crippen LogP contribution in [0.25, 0.3) is 11.0 Å². The second-order valence-electron chi connectivity index (χ2n) is 4.81. The van der Waals surface area contributed by atoms with Crippen molar-refractivity contribution in [3.05, 3.63) is 24.3 Å². The van der Waals surface area contributed by atoms with Gasteiger partial charge in [-0.15, -0.1) is 0 Å². The highest BCUT2D eigenvalue weighted by atomic mass is 15.0. The van der Waals surface area contributed by atoms with Gasteiger partial charge in [0.2, 0.25) is 0 Å². The third-order valence-corrected chi connectivity index (χ3v) is 2.53. The summed E-state index contributed by atoms with van der Waals surface area (Å²) >= 11 is 0. The first-order valence-electron chi connectivity index (χ1n) is 5.95. The van der Waals surface area contributed by atoms with Gasteiger partial charge in [0.05, 0.1) is 11.9 Å². The van der Waals surface area contributed by atoms with Crippen LogP contribution in [0.4, 0.5) is 5.69 Å². The van der Waals surface area contributed by atoms with Crippen molar-refractivity contribution >= 4 is 16.7 Å². The number of aromatic nitrogens is 3. The van der Waals surface area contributed by atoms with Gasteiger partial charge in [-0.2, -0.15) is 0 Å². The van der Waals surface area contributed by atoms with Gasteiger partial charge < -0.3 is 5.32 Å². The summed E-state index contributed by atoms with van der Waals surface area (Å²) in [7, 11) is 0. The van der Waals surface area contributed by atoms with Crippen LogP contribution >= 0.6 is 0 Å². The molecule has 0 aromatic carbocycles. The SMILES string of the molecule is CC(C)Nc1cc(C(C)C)nc2cncnc12. The van der Waals surface area contributed by atoms with Crippen molar-refractivity contribution in [1.82, 2.24) is 15.0 Å². The first kappa shape index (κ1) is 11.8. The molecule has 2 aromatic heterocycles.